The Hall–Kier alpha value is 0.127. The van der Waals surface area contributed by atoms with Gasteiger partial charge in [0.1, 0.15) is 14.7 Å². The van der Waals surface area contributed by atoms with E-state index in [2.05, 4.69) is 0 Å². The van der Waals surface area contributed by atoms with Crippen LogP contribution in [0.3, 0.4) is 0 Å². The second-order valence-electron chi connectivity index (χ2n) is 1.51. The Kier molecular flexibility index (Phi) is 1.69. The lowest BCUT2D eigenvalue weighted by molar-refractivity contribution is -0.120. The monoisotopic (exact) mass is 163 g/mol. The molecule has 8 heavy (non-hydrogen) atoms. The van der Waals surface area contributed by atoms with Crippen LogP contribution in [0, 0.1) is 0 Å². The molecule has 0 aliphatic carbocycles. The quantitative estimate of drug-likeness (QED) is 0.342. The van der Waals surface area contributed by atoms with E-state index in [4.69, 9.17) is 12.2 Å². The Morgan fingerprint density at radius 3 is 2.62 bits per heavy atom. The maximum Gasteiger partial charge on any atom is 0.229 e. The van der Waals surface area contributed by atoms with Gasteiger partial charge in [-0.2, -0.15) is 0 Å². The van der Waals surface area contributed by atoms with Crippen molar-refractivity contribution in [2.75, 3.05) is 5.75 Å². The van der Waals surface area contributed by atoms with Crippen molar-refractivity contribution in [2.45, 2.75) is 0 Å². The van der Waals surface area contributed by atoms with Crippen LogP contribution in [0.25, 0.3) is 0 Å². The van der Waals surface area contributed by atoms with Crippen molar-refractivity contribution < 1.29 is 4.79 Å². The number of carbonyl (C=O) groups is 1. The topological polar surface area (TPSA) is 20.3 Å². The predicted molar refractivity (Wildman–Crippen MR) is 41.8 cm³/mol. The highest BCUT2D eigenvalue weighted by molar-refractivity contribution is 8.24. The summed E-state index contributed by atoms with van der Waals surface area (Å²) in [6.07, 6.45) is 0. The number of amides is 1. The average molecular weight is 163 g/mol. The molecule has 0 aromatic heterocycles. The van der Waals surface area contributed by atoms with E-state index in [9.17, 15) is 4.79 Å². The first-order valence-electron chi connectivity index (χ1n) is 2.15. The van der Waals surface area contributed by atoms with Crippen LogP contribution in [-0.4, -0.2) is 31.0 Å². The van der Waals surface area contributed by atoms with Crippen molar-refractivity contribution in [3.05, 3.63) is 0 Å². The molecule has 44 valence electrons. The lowest BCUT2D eigenvalue weighted by Crippen LogP contribution is -2.24. The summed E-state index contributed by atoms with van der Waals surface area (Å²) in [5.74, 6) is 0.731. The number of thiocarbonyl (C=S) groups is 1. The predicted octanol–water partition coefficient (Wildman–Crippen LogP) is -0.873. The number of carbonyl (C=O) groups excluding carboxylic acids is 1. The molecule has 0 unspecified atom stereocenters. The van der Waals surface area contributed by atoms with Crippen molar-refractivity contribution in [3.8, 4) is 0 Å². The molecule has 1 heterocycles. The molecule has 2 nitrogen and oxygen atoms in total. The Bertz CT molecular complexity index is 132. The minimum absolute atomic E-state index is 0.173. The second-order valence-corrected chi connectivity index (χ2v) is 4.01. The Morgan fingerprint density at radius 2 is 2.50 bits per heavy atom. The average Bonchev–Trinajstić information content (AvgIpc) is 1.98. The molecule has 0 saturated carbocycles. The first-order valence-corrected chi connectivity index (χ1v) is 4.44. The van der Waals surface area contributed by atoms with Gasteiger partial charge in [-0.1, -0.05) is 24.0 Å². The molecule has 0 aromatic carbocycles. The molecule has 1 fully saturated rings. The minimum Gasteiger partial charge on any atom is -0.335 e. The Labute approximate surface area is 60.1 Å². The summed E-state index contributed by atoms with van der Waals surface area (Å²) in [5.41, 5.74) is 0. The highest BCUT2D eigenvalue weighted by atomic mass is 32.2. The van der Waals surface area contributed by atoms with Crippen molar-refractivity contribution in [2.24, 2.45) is 0 Å². The molecule has 1 aliphatic heterocycles. The van der Waals surface area contributed by atoms with Gasteiger partial charge in [-0.3, -0.25) is 4.79 Å². The zero-order valence-electron chi connectivity index (χ0n) is 4.38. The van der Waals surface area contributed by atoms with E-state index in [1.807, 2.05) is 0 Å². The maximum absolute atomic E-state index is 10.6. The van der Waals surface area contributed by atoms with Gasteiger partial charge in [0.15, 0.2) is 0 Å². The fourth-order valence-electron chi connectivity index (χ4n) is 0.419. The van der Waals surface area contributed by atoms with E-state index in [0.29, 0.717) is 5.75 Å². The van der Waals surface area contributed by atoms with Crippen LogP contribution < -0.4 is 0 Å². The number of nitrogens with zero attached hydrogens (tertiary/aromatic N) is 1. The fraction of sp³-hybridized carbons (Fsp3) is 0.333. The smallest absolute Gasteiger partial charge is 0.229 e. The zero-order chi connectivity index (χ0) is 6.15. The fourth-order valence-corrected chi connectivity index (χ4v) is 2.21. The van der Waals surface area contributed by atoms with Crippen molar-refractivity contribution >= 4 is 44.6 Å². The van der Waals surface area contributed by atoms with Crippen LogP contribution in [0.5, 0.6) is 0 Å². The molecular formula is C3H5NOS2Si. The largest absolute Gasteiger partial charge is 0.335 e. The molecular weight excluding hydrogens is 158 g/mol. The summed E-state index contributed by atoms with van der Waals surface area (Å²) in [6.45, 7) is 0. The van der Waals surface area contributed by atoms with Gasteiger partial charge in [0.25, 0.3) is 0 Å². The van der Waals surface area contributed by atoms with Gasteiger partial charge in [-0.25, -0.2) is 0 Å². The van der Waals surface area contributed by atoms with E-state index in [1.165, 1.54) is 11.8 Å². The third-order valence-corrected chi connectivity index (χ3v) is 4.10. The molecule has 0 atom stereocenters. The Morgan fingerprint density at radius 1 is 1.88 bits per heavy atom. The van der Waals surface area contributed by atoms with Gasteiger partial charge in [0.2, 0.25) is 5.91 Å². The summed E-state index contributed by atoms with van der Waals surface area (Å²) >= 11 is 6.28. The van der Waals surface area contributed by atoms with E-state index in [0.717, 1.165) is 14.7 Å². The second kappa shape index (κ2) is 2.16. The molecule has 5 heteroatoms. The first kappa shape index (κ1) is 6.25. The molecule has 1 rings (SSSR count). The van der Waals surface area contributed by atoms with Crippen LogP contribution >= 0.6 is 24.0 Å². The van der Waals surface area contributed by atoms with E-state index in [-0.39, 0.29) is 5.91 Å². The van der Waals surface area contributed by atoms with Gasteiger partial charge >= 0.3 is 0 Å². The summed E-state index contributed by atoms with van der Waals surface area (Å²) in [6, 6.07) is 0. The maximum atomic E-state index is 10.6. The van der Waals surface area contributed by atoms with Gasteiger partial charge in [-0.05, 0) is 0 Å². The summed E-state index contributed by atoms with van der Waals surface area (Å²) in [4.78, 5) is 10.6. The molecule has 0 bridgehead atoms. The molecule has 1 amide bonds. The number of thioether (sulfide) groups is 1. The SMILES string of the molecule is O=C1CSC(=S)N1[SiH3]. The lowest BCUT2D eigenvalue weighted by atomic mass is 10.7. The molecule has 1 aliphatic rings. The molecule has 0 aromatic rings. The Balaban J connectivity index is 2.70. The van der Waals surface area contributed by atoms with Crippen LogP contribution in [0.15, 0.2) is 0 Å². The summed E-state index contributed by atoms with van der Waals surface area (Å²) in [5, 5.41) is 0. The van der Waals surface area contributed by atoms with Crippen LogP contribution in [0.2, 0.25) is 0 Å². The number of rotatable bonds is 0. The van der Waals surface area contributed by atoms with Gasteiger partial charge in [-0.15, -0.1) is 0 Å². The zero-order valence-corrected chi connectivity index (χ0v) is 8.01. The van der Waals surface area contributed by atoms with Crippen LogP contribution in [-0.2, 0) is 4.79 Å². The van der Waals surface area contributed by atoms with Gasteiger partial charge < -0.3 is 4.57 Å². The van der Waals surface area contributed by atoms with E-state index < -0.39 is 0 Å². The highest BCUT2D eigenvalue weighted by Gasteiger charge is 2.20. The number of hydrogen-bond donors (Lipinski definition) is 0. The third kappa shape index (κ3) is 0.935. The van der Waals surface area contributed by atoms with Crippen LogP contribution in [0.1, 0.15) is 0 Å². The normalized spacial score (nSPS) is 20.8. The first-order chi connectivity index (χ1) is 3.72. The van der Waals surface area contributed by atoms with E-state index >= 15 is 0 Å². The summed E-state index contributed by atoms with van der Waals surface area (Å²) < 4.78 is 2.39. The van der Waals surface area contributed by atoms with E-state index in [1.54, 1.807) is 4.57 Å². The van der Waals surface area contributed by atoms with Crippen LogP contribution in [0.4, 0.5) is 0 Å². The molecule has 1 saturated heterocycles. The van der Waals surface area contributed by atoms with Gasteiger partial charge in [0, 0.05) is 0 Å². The number of hydrogen-bond acceptors (Lipinski definition) is 3. The highest BCUT2D eigenvalue weighted by Crippen LogP contribution is 2.15. The van der Waals surface area contributed by atoms with Crippen molar-refractivity contribution in [3.63, 3.8) is 0 Å². The minimum atomic E-state index is 0.173. The van der Waals surface area contributed by atoms with Gasteiger partial charge in [0.05, 0.1) is 5.75 Å². The molecule has 0 N–H and O–H groups in total. The standard InChI is InChI=1S/C3H5NOS2Si/c5-2-1-7-3(6)4(2)8/h1H2,8H3. The molecule has 0 radical (unpaired) electrons. The third-order valence-electron chi connectivity index (χ3n) is 0.967. The summed E-state index contributed by atoms with van der Waals surface area (Å²) in [7, 11) is 0.742. The van der Waals surface area contributed by atoms with Crippen molar-refractivity contribution in [1.29, 1.82) is 0 Å². The van der Waals surface area contributed by atoms with Crippen molar-refractivity contribution in [1.82, 2.24) is 4.57 Å². The lowest BCUT2D eigenvalue weighted by Gasteiger charge is -2.04. The molecule has 0 spiro atoms.